The lowest BCUT2D eigenvalue weighted by atomic mass is 10.0. The smallest absolute Gasteiger partial charge is 0.258 e. The standard InChI is InChI=1S/C20H17NO2/c1-21(17-11-6-3-7-12-17)20(22)19(15-18-13-8-14-23-18)16-9-4-2-5-10-16/h2-15H,1H3/b19-15+. The normalized spacial score (nSPS) is 11.3. The molecule has 0 aliphatic carbocycles. The Morgan fingerprint density at radius 1 is 0.913 bits per heavy atom. The molecule has 0 fully saturated rings. The molecular weight excluding hydrogens is 286 g/mol. The average Bonchev–Trinajstić information content (AvgIpc) is 3.13. The molecular formula is C20H17NO2. The predicted octanol–water partition coefficient (Wildman–Crippen LogP) is 4.48. The molecule has 0 saturated heterocycles. The van der Waals surface area contributed by atoms with Gasteiger partial charge in [-0.2, -0.15) is 0 Å². The van der Waals surface area contributed by atoms with Crippen molar-refractivity contribution in [3.05, 3.63) is 90.4 Å². The second-order valence-corrected chi connectivity index (χ2v) is 5.14. The Morgan fingerprint density at radius 3 is 2.17 bits per heavy atom. The number of rotatable bonds is 4. The number of hydrogen-bond donors (Lipinski definition) is 0. The second kappa shape index (κ2) is 6.79. The first-order valence-electron chi connectivity index (χ1n) is 7.39. The summed E-state index contributed by atoms with van der Waals surface area (Å²) in [6.07, 6.45) is 3.37. The van der Waals surface area contributed by atoms with Crippen molar-refractivity contribution in [3.63, 3.8) is 0 Å². The number of nitrogens with zero attached hydrogens (tertiary/aromatic N) is 1. The summed E-state index contributed by atoms with van der Waals surface area (Å²) in [5.74, 6) is 0.567. The maximum atomic E-state index is 13.0. The SMILES string of the molecule is CN(C(=O)/C(=C/c1ccco1)c1ccccc1)c1ccccc1. The zero-order chi connectivity index (χ0) is 16.1. The maximum Gasteiger partial charge on any atom is 0.258 e. The molecule has 3 aromatic rings. The van der Waals surface area contributed by atoms with Gasteiger partial charge in [-0.3, -0.25) is 4.79 Å². The molecule has 0 bridgehead atoms. The summed E-state index contributed by atoms with van der Waals surface area (Å²) < 4.78 is 5.37. The second-order valence-electron chi connectivity index (χ2n) is 5.14. The van der Waals surface area contributed by atoms with Crippen LogP contribution in [-0.2, 0) is 4.79 Å². The fourth-order valence-corrected chi connectivity index (χ4v) is 2.35. The number of amides is 1. The third-order valence-corrected chi connectivity index (χ3v) is 3.59. The molecule has 1 heterocycles. The minimum atomic E-state index is -0.0844. The summed E-state index contributed by atoms with van der Waals surface area (Å²) in [4.78, 5) is 14.6. The van der Waals surface area contributed by atoms with E-state index in [1.54, 1.807) is 30.4 Å². The van der Waals surface area contributed by atoms with Gasteiger partial charge in [-0.15, -0.1) is 0 Å². The van der Waals surface area contributed by atoms with Crippen LogP contribution in [0.3, 0.4) is 0 Å². The van der Waals surface area contributed by atoms with Crippen molar-refractivity contribution >= 4 is 23.2 Å². The first-order chi connectivity index (χ1) is 11.3. The topological polar surface area (TPSA) is 33.5 Å². The van der Waals surface area contributed by atoms with Gasteiger partial charge in [-0.1, -0.05) is 48.5 Å². The lowest BCUT2D eigenvalue weighted by Gasteiger charge is -2.19. The monoisotopic (exact) mass is 303 g/mol. The molecule has 0 aliphatic rings. The summed E-state index contributed by atoms with van der Waals surface area (Å²) in [6, 6.07) is 22.8. The molecule has 114 valence electrons. The van der Waals surface area contributed by atoms with Crippen molar-refractivity contribution in [2.45, 2.75) is 0 Å². The zero-order valence-electron chi connectivity index (χ0n) is 12.8. The third-order valence-electron chi connectivity index (χ3n) is 3.59. The van der Waals surface area contributed by atoms with Gasteiger partial charge in [0.05, 0.1) is 11.8 Å². The number of carbonyl (C=O) groups is 1. The van der Waals surface area contributed by atoms with Crippen LogP contribution in [0.15, 0.2) is 83.5 Å². The van der Waals surface area contributed by atoms with Gasteiger partial charge in [-0.05, 0) is 35.9 Å². The van der Waals surface area contributed by atoms with Gasteiger partial charge >= 0.3 is 0 Å². The molecule has 0 atom stereocenters. The molecule has 0 unspecified atom stereocenters. The van der Waals surface area contributed by atoms with E-state index >= 15 is 0 Å². The quantitative estimate of drug-likeness (QED) is 0.666. The summed E-state index contributed by atoms with van der Waals surface area (Å²) in [7, 11) is 1.77. The van der Waals surface area contributed by atoms with Crippen molar-refractivity contribution in [1.82, 2.24) is 0 Å². The number of hydrogen-bond acceptors (Lipinski definition) is 2. The summed E-state index contributed by atoms with van der Waals surface area (Å²) in [5, 5.41) is 0. The van der Waals surface area contributed by atoms with E-state index in [2.05, 4.69) is 0 Å². The van der Waals surface area contributed by atoms with Crippen molar-refractivity contribution < 1.29 is 9.21 Å². The van der Waals surface area contributed by atoms with Crippen LogP contribution >= 0.6 is 0 Å². The maximum absolute atomic E-state index is 13.0. The van der Waals surface area contributed by atoms with Gasteiger partial charge < -0.3 is 9.32 Å². The van der Waals surface area contributed by atoms with E-state index in [1.165, 1.54) is 0 Å². The van der Waals surface area contributed by atoms with E-state index in [4.69, 9.17) is 4.42 Å². The lowest BCUT2D eigenvalue weighted by Crippen LogP contribution is -2.27. The van der Waals surface area contributed by atoms with E-state index in [9.17, 15) is 4.79 Å². The predicted molar refractivity (Wildman–Crippen MR) is 92.9 cm³/mol. The number of carbonyl (C=O) groups excluding carboxylic acids is 1. The zero-order valence-corrected chi connectivity index (χ0v) is 12.8. The number of anilines is 1. The number of likely N-dealkylation sites (N-methyl/N-ethyl adjacent to an activating group) is 1. The van der Waals surface area contributed by atoms with Crippen molar-refractivity contribution in [2.24, 2.45) is 0 Å². The molecule has 3 nitrogen and oxygen atoms in total. The van der Waals surface area contributed by atoms with Gasteiger partial charge in [0.1, 0.15) is 5.76 Å². The van der Waals surface area contributed by atoms with Crippen LogP contribution in [0.5, 0.6) is 0 Å². The van der Waals surface area contributed by atoms with Gasteiger partial charge in [0, 0.05) is 12.7 Å². The molecule has 2 aromatic carbocycles. The highest BCUT2D eigenvalue weighted by atomic mass is 16.3. The fraction of sp³-hybridized carbons (Fsp3) is 0.0500. The molecule has 0 spiro atoms. The highest BCUT2D eigenvalue weighted by molar-refractivity contribution is 6.29. The van der Waals surface area contributed by atoms with Crippen molar-refractivity contribution in [2.75, 3.05) is 11.9 Å². The van der Waals surface area contributed by atoms with E-state index in [1.807, 2.05) is 66.7 Å². The fourth-order valence-electron chi connectivity index (χ4n) is 2.35. The molecule has 1 aromatic heterocycles. The molecule has 0 N–H and O–H groups in total. The highest BCUT2D eigenvalue weighted by Crippen LogP contribution is 2.23. The van der Waals surface area contributed by atoms with Crippen LogP contribution in [-0.4, -0.2) is 13.0 Å². The molecule has 0 aliphatic heterocycles. The Morgan fingerprint density at radius 2 is 1.57 bits per heavy atom. The largest absolute Gasteiger partial charge is 0.465 e. The molecule has 0 radical (unpaired) electrons. The summed E-state index contributed by atoms with van der Waals surface area (Å²) in [5.41, 5.74) is 2.29. The van der Waals surface area contributed by atoms with Crippen LogP contribution in [0.25, 0.3) is 11.6 Å². The first-order valence-corrected chi connectivity index (χ1v) is 7.39. The molecule has 23 heavy (non-hydrogen) atoms. The van der Waals surface area contributed by atoms with E-state index < -0.39 is 0 Å². The van der Waals surface area contributed by atoms with Crippen LogP contribution in [0, 0.1) is 0 Å². The number of benzene rings is 2. The van der Waals surface area contributed by atoms with Crippen LogP contribution < -0.4 is 4.90 Å². The van der Waals surface area contributed by atoms with E-state index in [0.717, 1.165) is 11.3 Å². The van der Waals surface area contributed by atoms with Crippen molar-refractivity contribution in [3.8, 4) is 0 Å². The first kappa shape index (κ1) is 14.9. The van der Waals surface area contributed by atoms with E-state index in [-0.39, 0.29) is 5.91 Å². The van der Waals surface area contributed by atoms with Gasteiger partial charge in [-0.25, -0.2) is 0 Å². The number of furan rings is 1. The minimum absolute atomic E-state index is 0.0844. The molecule has 0 saturated carbocycles. The van der Waals surface area contributed by atoms with Gasteiger partial charge in [0.15, 0.2) is 0 Å². The van der Waals surface area contributed by atoms with Crippen molar-refractivity contribution in [1.29, 1.82) is 0 Å². The molecule has 1 amide bonds. The van der Waals surface area contributed by atoms with Crippen LogP contribution in [0.4, 0.5) is 5.69 Å². The highest BCUT2D eigenvalue weighted by Gasteiger charge is 2.18. The summed E-state index contributed by atoms with van der Waals surface area (Å²) in [6.45, 7) is 0. The Labute approximate surface area is 135 Å². The third kappa shape index (κ3) is 3.40. The van der Waals surface area contributed by atoms with Crippen LogP contribution in [0.2, 0.25) is 0 Å². The van der Waals surface area contributed by atoms with E-state index in [0.29, 0.717) is 11.3 Å². The Kier molecular flexibility index (Phi) is 4.39. The Bertz CT molecular complexity index is 790. The lowest BCUT2D eigenvalue weighted by molar-refractivity contribution is -0.113. The van der Waals surface area contributed by atoms with Gasteiger partial charge in [0.2, 0.25) is 0 Å². The minimum Gasteiger partial charge on any atom is -0.465 e. The molecule has 3 rings (SSSR count). The number of para-hydroxylation sites is 1. The Hall–Kier alpha value is -3.07. The average molecular weight is 303 g/mol. The van der Waals surface area contributed by atoms with Crippen LogP contribution in [0.1, 0.15) is 11.3 Å². The molecule has 3 heteroatoms. The Balaban J connectivity index is 2.00. The summed E-state index contributed by atoms with van der Waals surface area (Å²) >= 11 is 0. The van der Waals surface area contributed by atoms with Gasteiger partial charge in [0.25, 0.3) is 5.91 Å².